The monoisotopic (exact) mass is 582 g/mol. The van der Waals surface area contributed by atoms with E-state index in [1.807, 2.05) is 73.7 Å². The number of ether oxygens (including phenoxy) is 1. The summed E-state index contributed by atoms with van der Waals surface area (Å²) >= 11 is 0. The molecule has 1 aromatic heterocycles. The van der Waals surface area contributed by atoms with E-state index < -0.39 is 10.8 Å². The second-order valence-electron chi connectivity index (χ2n) is 12.5. The Morgan fingerprint density at radius 2 is 1.55 bits per heavy atom. The van der Waals surface area contributed by atoms with Crippen molar-refractivity contribution in [2.75, 3.05) is 0 Å². The Morgan fingerprint density at radius 1 is 0.864 bits per heavy atom. The number of ketones is 1. The first-order valence-corrected chi connectivity index (χ1v) is 15.8. The zero-order valence-corrected chi connectivity index (χ0v) is 25.7. The molecule has 44 heavy (non-hydrogen) atoms. The van der Waals surface area contributed by atoms with E-state index in [9.17, 15) is 9.59 Å². The zero-order chi connectivity index (χ0) is 30.7. The van der Waals surface area contributed by atoms with Crippen molar-refractivity contribution in [3.8, 4) is 16.9 Å². The smallest absolute Gasteiger partial charge is 0.321 e. The quantitative estimate of drug-likeness (QED) is 0.128. The predicted octanol–water partition coefficient (Wildman–Crippen LogP) is 9.85. The summed E-state index contributed by atoms with van der Waals surface area (Å²) in [7, 11) is 0. The van der Waals surface area contributed by atoms with Crippen molar-refractivity contribution in [3.63, 3.8) is 0 Å². The standard InChI is InChI=1S/C40H40NO3/c1-4-41-35-19-11-9-18-33(35)34-27-30(21-22-36(34)41)23-26-39(3,28-40(29(2)42)24-13-6-14-25-40)38(43)44-37-20-12-10-17-32(37)31-15-7-5-8-16-31/h5,7-12,15-23,26-27H,2,4,6,13-14,24-25,28H2,1,3H3/b26-23+. The Labute approximate surface area is 260 Å². The molecule has 4 heteroatoms. The van der Waals surface area contributed by atoms with E-state index in [0.717, 1.165) is 55.3 Å². The fraction of sp³-hybridized carbons (Fsp3) is 0.275. The average Bonchev–Trinajstić information content (AvgIpc) is 3.37. The Morgan fingerprint density at radius 3 is 2.30 bits per heavy atom. The van der Waals surface area contributed by atoms with Crippen LogP contribution in [0.25, 0.3) is 39.0 Å². The Hall–Kier alpha value is -4.44. The summed E-state index contributed by atoms with van der Waals surface area (Å²) in [5, 5.41) is 2.39. The van der Waals surface area contributed by atoms with Gasteiger partial charge >= 0.3 is 5.97 Å². The van der Waals surface area contributed by atoms with E-state index >= 15 is 0 Å². The molecule has 0 N–H and O–H groups in total. The first kappa shape index (κ1) is 29.6. The van der Waals surface area contributed by atoms with Gasteiger partial charge in [-0.1, -0.05) is 104 Å². The number of nitrogens with zero attached hydrogens (tertiary/aromatic N) is 1. The lowest BCUT2D eigenvalue weighted by molar-refractivity contribution is -0.145. The molecule has 0 bridgehead atoms. The number of hydrogen-bond acceptors (Lipinski definition) is 3. The van der Waals surface area contributed by atoms with E-state index in [2.05, 4.69) is 60.9 Å². The van der Waals surface area contributed by atoms with Crippen LogP contribution in [0.3, 0.4) is 0 Å². The van der Waals surface area contributed by atoms with Gasteiger partial charge < -0.3 is 9.30 Å². The zero-order valence-electron chi connectivity index (χ0n) is 25.7. The van der Waals surface area contributed by atoms with E-state index in [0.29, 0.717) is 12.2 Å². The maximum absolute atomic E-state index is 14.3. The van der Waals surface area contributed by atoms with Gasteiger partial charge in [0.25, 0.3) is 0 Å². The van der Waals surface area contributed by atoms with E-state index in [1.165, 1.54) is 21.8 Å². The number of hydrogen-bond donors (Lipinski definition) is 0. The molecule has 1 aliphatic rings. The Balaban J connectivity index is 1.40. The van der Waals surface area contributed by atoms with Crippen LogP contribution in [0, 0.1) is 17.8 Å². The molecule has 1 unspecified atom stereocenters. The van der Waals surface area contributed by atoms with E-state index in [4.69, 9.17) is 4.74 Å². The van der Waals surface area contributed by atoms with Crippen LogP contribution in [0.15, 0.2) is 103 Å². The summed E-state index contributed by atoms with van der Waals surface area (Å²) in [6.45, 7) is 8.85. The van der Waals surface area contributed by atoms with Gasteiger partial charge in [-0.05, 0) is 68.5 Å². The number of rotatable bonds is 9. The molecule has 223 valence electrons. The maximum atomic E-state index is 14.3. The number of aryl methyl sites for hydroxylation is 1. The molecule has 0 saturated heterocycles. The first-order valence-electron chi connectivity index (χ1n) is 15.8. The van der Waals surface area contributed by atoms with Crippen LogP contribution < -0.4 is 4.74 Å². The second kappa shape index (κ2) is 12.3. The number of benzene rings is 4. The fourth-order valence-electron chi connectivity index (χ4n) is 7.11. The molecule has 1 saturated carbocycles. The van der Waals surface area contributed by atoms with Gasteiger partial charge in [-0.2, -0.15) is 0 Å². The molecule has 5 aromatic rings. The molecule has 0 aliphatic heterocycles. The van der Waals surface area contributed by atoms with Crippen molar-refractivity contribution < 1.29 is 14.3 Å². The van der Waals surface area contributed by atoms with Crippen molar-refractivity contribution in [1.29, 1.82) is 0 Å². The highest BCUT2D eigenvalue weighted by Gasteiger charge is 2.46. The summed E-state index contributed by atoms with van der Waals surface area (Å²) in [4.78, 5) is 27.4. The van der Waals surface area contributed by atoms with Gasteiger partial charge in [0.05, 0.1) is 5.41 Å². The van der Waals surface area contributed by atoms with Gasteiger partial charge in [0, 0.05) is 46.3 Å². The molecule has 6 rings (SSSR count). The van der Waals surface area contributed by atoms with Crippen LogP contribution in [-0.4, -0.2) is 16.3 Å². The third-order valence-corrected chi connectivity index (χ3v) is 9.50. The van der Waals surface area contributed by atoms with Gasteiger partial charge in [0.2, 0.25) is 0 Å². The van der Waals surface area contributed by atoms with Gasteiger partial charge in [-0.3, -0.25) is 9.59 Å². The third kappa shape index (κ3) is 5.61. The lowest BCUT2D eigenvalue weighted by Gasteiger charge is -2.40. The molecule has 1 heterocycles. The highest BCUT2D eigenvalue weighted by molar-refractivity contribution is 6.08. The first-order chi connectivity index (χ1) is 21.3. The summed E-state index contributed by atoms with van der Waals surface area (Å²) in [5.41, 5.74) is 3.53. The third-order valence-electron chi connectivity index (χ3n) is 9.50. The number of Topliss-reactive ketones (excluding diaryl/α,β-unsaturated/α-hetero) is 1. The van der Waals surface area contributed by atoms with Crippen molar-refractivity contribution in [1.82, 2.24) is 4.57 Å². The van der Waals surface area contributed by atoms with Crippen LogP contribution in [0.2, 0.25) is 0 Å². The number of carbonyl (C=O) groups is 2. The van der Waals surface area contributed by atoms with Crippen molar-refractivity contribution >= 4 is 39.6 Å². The van der Waals surface area contributed by atoms with Crippen molar-refractivity contribution in [2.45, 2.75) is 58.9 Å². The predicted molar refractivity (Wildman–Crippen MR) is 180 cm³/mol. The van der Waals surface area contributed by atoms with Crippen LogP contribution in [0.1, 0.15) is 57.9 Å². The molecule has 0 amide bonds. The molecule has 4 nitrogen and oxygen atoms in total. The molecule has 1 atom stereocenters. The van der Waals surface area contributed by atoms with Crippen LogP contribution in [0.5, 0.6) is 5.75 Å². The largest absolute Gasteiger partial charge is 0.425 e. The maximum Gasteiger partial charge on any atom is 0.321 e. The molecular formula is C40H40NO3. The van der Waals surface area contributed by atoms with Crippen LogP contribution in [-0.2, 0) is 16.1 Å². The molecule has 4 aromatic carbocycles. The number of esters is 1. The molecular weight excluding hydrogens is 542 g/mol. The number of para-hydroxylation sites is 2. The molecule has 1 aliphatic carbocycles. The van der Waals surface area contributed by atoms with Gasteiger partial charge in [-0.15, -0.1) is 0 Å². The fourth-order valence-corrected chi connectivity index (χ4v) is 7.11. The SMILES string of the molecule is [CH2]C(=O)C1(CC(C)(/C=C/c2ccc3c(c2)c2ccccc2n3CC)C(=O)Oc2ccccc2-c2ccccc2)CCCCC1. The average molecular weight is 583 g/mol. The molecule has 1 radical (unpaired) electrons. The number of aromatic nitrogens is 1. The van der Waals surface area contributed by atoms with Crippen molar-refractivity contribution in [2.24, 2.45) is 10.8 Å². The summed E-state index contributed by atoms with van der Waals surface area (Å²) < 4.78 is 8.57. The number of fused-ring (bicyclic) bond motifs is 3. The summed E-state index contributed by atoms with van der Waals surface area (Å²) in [6, 6.07) is 32.5. The minimum Gasteiger partial charge on any atom is -0.425 e. The van der Waals surface area contributed by atoms with Gasteiger partial charge in [0.1, 0.15) is 11.5 Å². The normalized spacial score (nSPS) is 16.2. The highest BCUT2D eigenvalue weighted by Crippen LogP contribution is 2.47. The van der Waals surface area contributed by atoms with Gasteiger partial charge in [0.15, 0.2) is 0 Å². The minimum atomic E-state index is -1.05. The van der Waals surface area contributed by atoms with Crippen LogP contribution >= 0.6 is 0 Å². The highest BCUT2D eigenvalue weighted by atomic mass is 16.5. The topological polar surface area (TPSA) is 48.3 Å². The number of carbonyl (C=O) groups excluding carboxylic acids is 2. The van der Waals surface area contributed by atoms with Crippen LogP contribution in [0.4, 0.5) is 0 Å². The van der Waals surface area contributed by atoms with Crippen molar-refractivity contribution in [3.05, 3.63) is 116 Å². The molecule has 1 fully saturated rings. The van der Waals surface area contributed by atoms with Gasteiger partial charge in [-0.25, -0.2) is 0 Å². The minimum absolute atomic E-state index is 0.0805. The van der Waals surface area contributed by atoms with E-state index in [1.54, 1.807) is 0 Å². The Kier molecular flexibility index (Phi) is 8.27. The summed E-state index contributed by atoms with van der Waals surface area (Å²) in [5.74, 6) is 0.0610. The lowest BCUT2D eigenvalue weighted by atomic mass is 9.63. The molecule has 0 spiro atoms. The second-order valence-corrected chi connectivity index (χ2v) is 12.5. The Bertz CT molecular complexity index is 1840. The van der Waals surface area contributed by atoms with E-state index in [-0.39, 0.29) is 11.8 Å². The summed E-state index contributed by atoms with van der Waals surface area (Å²) in [6.07, 6.45) is 8.86. The lowest BCUT2D eigenvalue weighted by Crippen LogP contribution is -2.41.